The fourth-order valence-corrected chi connectivity index (χ4v) is 3.25. The first-order chi connectivity index (χ1) is 12.2. The van der Waals surface area contributed by atoms with Gasteiger partial charge in [-0.1, -0.05) is 18.5 Å². The number of alkyl halides is 1. The summed E-state index contributed by atoms with van der Waals surface area (Å²) in [6, 6.07) is 1.80. The molecular formula is C17H21ClFN5O2. The van der Waals surface area contributed by atoms with E-state index >= 15 is 0 Å². The van der Waals surface area contributed by atoms with Gasteiger partial charge in [0.15, 0.2) is 0 Å². The Morgan fingerprint density at radius 2 is 2.31 bits per heavy atom. The minimum Gasteiger partial charge on any atom is -0.389 e. The topological polar surface area (TPSA) is 95.5 Å². The highest BCUT2D eigenvalue weighted by Crippen LogP contribution is 2.38. The Bertz CT molecular complexity index is 857. The van der Waals surface area contributed by atoms with Crippen molar-refractivity contribution in [1.82, 2.24) is 14.6 Å². The SMILES string of the molecule is CC(c1c(C#N)c(Cl)c2cnc(N[C@H]3CCOCC3O)nn12)C(C)(C)F. The predicted octanol–water partition coefficient (Wildman–Crippen LogP) is 2.67. The number of aliphatic hydroxyl groups excluding tert-OH is 1. The monoisotopic (exact) mass is 381 g/mol. The van der Waals surface area contributed by atoms with Gasteiger partial charge in [-0.3, -0.25) is 0 Å². The molecule has 2 aromatic rings. The molecule has 0 radical (unpaired) electrons. The molecule has 0 bridgehead atoms. The first kappa shape index (κ1) is 18.8. The van der Waals surface area contributed by atoms with Gasteiger partial charge in [0, 0.05) is 12.5 Å². The van der Waals surface area contributed by atoms with Crippen molar-refractivity contribution in [3.05, 3.63) is 22.5 Å². The molecule has 0 aromatic carbocycles. The second-order valence-corrected chi connectivity index (χ2v) is 7.41. The Morgan fingerprint density at radius 1 is 1.58 bits per heavy atom. The zero-order valence-corrected chi connectivity index (χ0v) is 15.6. The Balaban J connectivity index is 2.06. The van der Waals surface area contributed by atoms with Crippen molar-refractivity contribution in [3.8, 4) is 6.07 Å². The molecule has 1 aliphatic heterocycles. The van der Waals surface area contributed by atoms with E-state index in [1.54, 1.807) is 6.92 Å². The summed E-state index contributed by atoms with van der Waals surface area (Å²) < 4.78 is 21.3. The molecule has 140 valence electrons. The Hall–Kier alpha value is -1.95. The average molecular weight is 382 g/mol. The molecule has 3 rings (SSSR count). The van der Waals surface area contributed by atoms with E-state index in [4.69, 9.17) is 16.3 Å². The second-order valence-electron chi connectivity index (χ2n) is 7.03. The molecule has 1 saturated heterocycles. The summed E-state index contributed by atoms with van der Waals surface area (Å²) in [4.78, 5) is 4.22. The number of nitrogens with zero attached hydrogens (tertiary/aromatic N) is 4. The molecule has 9 heteroatoms. The minimum absolute atomic E-state index is 0.197. The smallest absolute Gasteiger partial charge is 0.241 e. The molecule has 26 heavy (non-hydrogen) atoms. The van der Waals surface area contributed by atoms with Crippen LogP contribution in [0.2, 0.25) is 5.02 Å². The van der Waals surface area contributed by atoms with E-state index in [-0.39, 0.29) is 29.2 Å². The van der Waals surface area contributed by atoms with Gasteiger partial charge in [0.25, 0.3) is 0 Å². The molecular weight excluding hydrogens is 361 g/mol. The van der Waals surface area contributed by atoms with Crippen LogP contribution in [-0.2, 0) is 4.74 Å². The van der Waals surface area contributed by atoms with Gasteiger partial charge in [0.1, 0.15) is 17.3 Å². The van der Waals surface area contributed by atoms with Gasteiger partial charge in [-0.2, -0.15) is 5.26 Å². The zero-order valence-electron chi connectivity index (χ0n) is 14.8. The number of aliphatic hydroxyl groups is 1. The summed E-state index contributed by atoms with van der Waals surface area (Å²) in [5.41, 5.74) is -0.536. The van der Waals surface area contributed by atoms with Crippen LogP contribution < -0.4 is 5.32 Å². The van der Waals surface area contributed by atoms with Crippen molar-refractivity contribution in [2.45, 2.75) is 50.9 Å². The van der Waals surface area contributed by atoms with Crippen LogP contribution >= 0.6 is 11.6 Å². The number of hydrogen-bond donors (Lipinski definition) is 2. The summed E-state index contributed by atoms with van der Waals surface area (Å²) in [6.45, 7) is 5.36. The molecule has 7 nitrogen and oxygen atoms in total. The number of nitriles is 1. The summed E-state index contributed by atoms with van der Waals surface area (Å²) >= 11 is 6.30. The number of halogens is 2. The van der Waals surface area contributed by atoms with Gasteiger partial charge in [-0.05, 0) is 20.3 Å². The van der Waals surface area contributed by atoms with Gasteiger partial charge in [-0.15, -0.1) is 5.10 Å². The van der Waals surface area contributed by atoms with Crippen molar-refractivity contribution in [2.24, 2.45) is 0 Å². The molecule has 2 unspecified atom stereocenters. The van der Waals surface area contributed by atoms with E-state index < -0.39 is 17.7 Å². The van der Waals surface area contributed by atoms with E-state index in [9.17, 15) is 14.8 Å². The average Bonchev–Trinajstić information content (AvgIpc) is 2.87. The number of ether oxygens (including phenoxy) is 1. The third kappa shape index (κ3) is 3.34. The van der Waals surface area contributed by atoms with Crippen molar-refractivity contribution in [3.63, 3.8) is 0 Å². The van der Waals surface area contributed by atoms with Gasteiger partial charge < -0.3 is 15.2 Å². The fraction of sp³-hybridized carbons (Fsp3) is 0.588. The largest absolute Gasteiger partial charge is 0.389 e. The van der Waals surface area contributed by atoms with Crippen LogP contribution in [0.4, 0.5) is 10.3 Å². The molecule has 0 saturated carbocycles. The molecule has 1 fully saturated rings. The number of anilines is 1. The van der Waals surface area contributed by atoms with Crippen molar-refractivity contribution >= 4 is 23.1 Å². The molecule has 0 amide bonds. The molecule has 3 heterocycles. The van der Waals surface area contributed by atoms with E-state index in [1.807, 2.05) is 0 Å². The molecule has 2 N–H and O–H groups in total. The lowest BCUT2D eigenvalue weighted by atomic mass is 9.90. The maximum Gasteiger partial charge on any atom is 0.241 e. The number of aromatic nitrogens is 3. The standard InChI is InChI=1S/C17H21ClFN5O2/c1-9(17(2,3)19)15-10(6-20)14(18)12-7-21-16(23-24(12)15)22-11-4-5-26-8-13(11)25/h7,9,11,13,25H,4-5,8H2,1-3H3,(H,22,23)/t9?,11-,13?/m0/s1. The Labute approximate surface area is 155 Å². The highest BCUT2D eigenvalue weighted by molar-refractivity contribution is 6.35. The van der Waals surface area contributed by atoms with E-state index in [0.717, 1.165) is 0 Å². The molecule has 3 atom stereocenters. The Morgan fingerprint density at radius 3 is 2.92 bits per heavy atom. The number of hydrogen-bond acceptors (Lipinski definition) is 6. The molecule has 0 spiro atoms. The normalized spacial score (nSPS) is 22.2. The Kier molecular flexibility index (Phi) is 5.06. The molecule has 0 aliphatic carbocycles. The highest BCUT2D eigenvalue weighted by Gasteiger charge is 2.33. The highest BCUT2D eigenvalue weighted by atomic mass is 35.5. The maximum atomic E-state index is 14.6. The van der Waals surface area contributed by atoms with Gasteiger partial charge in [-0.25, -0.2) is 13.9 Å². The van der Waals surface area contributed by atoms with Gasteiger partial charge in [0.2, 0.25) is 5.95 Å². The fourth-order valence-electron chi connectivity index (χ4n) is 2.99. The second kappa shape index (κ2) is 6.99. The van der Waals surface area contributed by atoms with Crippen LogP contribution in [0.15, 0.2) is 6.20 Å². The van der Waals surface area contributed by atoms with Crippen molar-refractivity contribution in [2.75, 3.05) is 18.5 Å². The van der Waals surface area contributed by atoms with Gasteiger partial charge >= 0.3 is 0 Å². The van der Waals surface area contributed by atoms with Crippen LogP contribution in [0.5, 0.6) is 0 Å². The first-order valence-corrected chi connectivity index (χ1v) is 8.80. The molecule has 2 aromatic heterocycles. The number of fused-ring (bicyclic) bond motifs is 1. The summed E-state index contributed by atoms with van der Waals surface area (Å²) in [6.07, 6.45) is 1.43. The zero-order chi connectivity index (χ0) is 19.1. The third-order valence-electron chi connectivity index (χ3n) is 4.85. The van der Waals surface area contributed by atoms with E-state index in [2.05, 4.69) is 21.5 Å². The predicted molar refractivity (Wildman–Crippen MR) is 95.2 cm³/mol. The third-order valence-corrected chi connectivity index (χ3v) is 5.24. The lowest BCUT2D eigenvalue weighted by molar-refractivity contribution is -0.0136. The van der Waals surface area contributed by atoms with Crippen LogP contribution in [0.1, 0.15) is 44.4 Å². The lowest BCUT2D eigenvalue weighted by Crippen LogP contribution is -2.42. The number of rotatable bonds is 4. The van der Waals surface area contributed by atoms with Crippen molar-refractivity contribution < 1.29 is 14.2 Å². The summed E-state index contributed by atoms with van der Waals surface area (Å²) in [7, 11) is 0. The van der Waals surface area contributed by atoms with E-state index in [1.165, 1.54) is 24.6 Å². The van der Waals surface area contributed by atoms with Crippen molar-refractivity contribution in [1.29, 1.82) is 5.26 Å². The quantitative estimate of drug-likeness (QED) is 0.845. The lowest BCUT2D eigenvalue weighted by Gasteiger charge is -2.28. The number of nitrogens with one attached hydrogen (secondary N) is 1. The van der Waals surface area contributed by atoms with E-state index in [0.29, 0.717) is 24.2 Å². The summed E-state index contributed by atoms with van der Waals surface area (Å²) in [5, 5.41) is 27.2. The van der Waals surface area contributed by atoms with Crippen LogP contribution in [-0.4, -0.2) is 50.7 Å². The molecule has 1 aliphatic rings. The summed E-state index contributed by atoms with van der Waals surface area (Å²) in [5.74, 6) is -0.349. The first-order valence-electron chi connectivity index (χ1n) is 8.42. The minimum atomic E-state index is -1.57. The maximum absolute atomic E-state index is 14.6. The van der Waals surface area contributed by atoms with Crippen LogP contribution in [0.25, 0.3) is 5.52 Å². The van der Waals surface area contributed by atoms with Crippen LogP contribution in [0, 0.1) is 11.3 Å². The van der Waals surface area contributed by atoms with Crippen LogP contribution in [0.3, 0.4) is 0 Å². The van der Waals surface area contributed by atoms with Gasteiger partial charge in [0.05, 0.1) is 41.2 Å².